The van der Waals surface area contributed by atoms with E-state index in [1.54, 1.807) is 19.0 Å². The van der Waals surface area contributed by atoms with E-state index < -0.39 is 5.92 Å². The molecule has 0 saturated heterocycles. The fourth-order valence-electron chi connectivity index (χ4n) is 0.499. The molecular weight excluding hydrogens is 178 g/mol. The lowest BCUT2D eigenvalue weighted by Gasteiger charge is -2.16. The smallest absolute Gasteiger partial charge is 0.146 e. The summed E-state index contributed by atoms with van der Waals surface area (Å²) >= 11 is 9.56. The van der Waals surface area contributed by atoms with E-state index in [1.165, 1.54) is 0 Å². The average molecular weight is 187 g/mol. The van der Waals surface area contributed by atoms with Crippen LogP contribution in [0.1, 0.15) is 0 Å². The van der Waals surface area contributed by atoms with Crippen molar-refractivity contribution < 1.29 is 0 Å². The van der Waals surface area contributed by atoms with E-state index in [4.69, 9.17) is 23.2 Å². The zero-order chi connectivity index (χ0) is 9.02. The van der Waals surface area contributed by atoms with Gasteiger partial charge in [0.25, 0.3) is 0 Å². The molecule has 0 aromatic rings. The summed E-state index contributed by atoms with van der Waals surface area (Å²) in [5.74, 6) is -0.616. The molecule has 0 bridgehead atoms. The van der Waals surface area contributed by atoms with Crippen LogP contribution in [0.2, 0.25) is 0 Å². The number of hydrogen-bond acceptors (Lipinski definition) is 3. The van der Waals surface area contributed by atoms with E-state index in [-0.39, 0.29) is 4.99 Å². The first-order valence-corrected chi connectivity index (χ1v) is 3.72. The highest BCUT2D eigenvalue weighted by Crippen LogP contribution is 2.01. The molecule has 0 aliphatic rings. The first-order valence-electron chi connectivity index (χ1n) is 2.90. The van der Waals surface area contributed by atoms with Gasteiger partial charge in [-0.3, -0.25) is 0 Å². The van der Waals surface area contributed by atoms with Gasteiger partial charge in [-0.2, -0.15) is 5.26 Å². The van der Waals surface area contributed by atoms with Gasteiger partial charge in [-0.25, -0.2) is 0 Å². The van der Waals surface area contributed by atoms with Crippen LogP contribution in [0.15, 0.2) is 0 Å². The first-order chi connectivity index (χ1) is 5.00. The highest BCUT2D eigenvalue weighted by atomic mass is 32.1. The Balaban J connectivity index is 4.43. The molecule has 0 aliphatic heterocycles. The van der Waals surface area contributed by atoms with Gasteiger partial charge in [0.2, 0.25) is 0 Å². The van der Waals surface area contributed by atoms with Gasteiger partial charge in [-0.05, 0) is 0 Å². The Kier molecular flexibility index (Phi) is 3.93. The summed E-state index contributed by atoms with van der Waals surface area (Å²) in [6.07, 6.45) is 0. The average Bonchev–Trinajstić information content (AvgIpc) is 1.88. The first kappa shape index (κ1) is 10.3. The van der Waals surface area contributed by atoms with Gasteiger partial charge in [0.05, 0.1) is 11.1 Å². The van der Waals surface area contributed by atoms with Crippen molar-refractivity contribution in [3.8, 4) is 6.07 Å². The third kappa shape index (κ3) is 2.78. The number of hydrogen-bond donors (Lipinski definition) is 1. The molecule has 0 aromatic heterocycles. The van der Waals surface area contributed by atoms with E-state index >= 15 is 0 Å². The van der Waals surface area contributed by atoms with Crippen molar-refractivity contribution in [3.05, 3.63) is 0 Å². The molecule has 0 rings (SSSR count). The van der Waals surface area contributed by atoms with Crippen molar-refractivity contribution in [1.82, 2.24) is 4.90 Å². The Morgan fingerprint density at radius 2 is 2.00 bits per heavy atom. The molecule has 60 valence electrons. The molecule has 0 radical (unpaired) electrons. The van der Waals surface area contributed by atoms with Crippen LogP contribution in [-0.2, 0) is 0 Å². The lowest BCUT2D eigenvalue weighted by Crippen LogP contribution is -2.34. The van der Waals surface area contributed by atoms with E-state index in [0.717, 1.165) is 0 Å². The fourth-order valence-corrected chi connectivity index (χ4v) is 0.917. The van der Waals surface area contributed by atoms with Crippen LogP contribution in [0.3, 0.4) is 0 Å². The van der Waals surface area contributed by atoms with Gasteiger partial charge in [0, 0.05) is 14.1 Å². The zero-order valence-electron chi connectivity index (χ0n) is 6.37. The molecule has 0 aromatic carbocycles. The van der Waals surface area contributed by atoms with Crippen molar-refractivity contribution in [1.29, 1.82) is 5.26 Å². The SMILES string of the molecule is CN(C)C(=S)C(C#N)C(N)=S. The maximum absolute atomic E-state index is 8.58. The van der Waals surface area contributed by atoms with E-state index in [0.29, 0.717) is 4.99 Å². The summed E-state index contributed by atoms with van der Waals surface area (Å²) in [5, 5.41) is 8.58. The summed E-state index contributed by atoms with van der Waals surface area (Å²) in [6.45, 7) is 0. The topological polar surface area (TPSA) is 53.0 Å². The Hall–Kier alpha value is -0.730. The highest BCUT2D eigenvalue weighted by Gasteiger charge is 2.17. The minimum atomic E-state index is -0.616. The number of nitriles is 1. The van der Waals surface area contributed by atoms with Crippen LogP contribution in [0, 0.1) is 17.2 Å². The summed E-state index contributed by atoms with van der Waals surface area (Å²) in [4.78, 5) is 2.24. The normalized spacial score (nSPS) is 11.4. The second kappa shape index (κ2) is 4.21. The van der Waals surface area contributed by atoms with Gasteiger partial charge < -0.3 is 10.6 Å². The zero-order valence-corrected chi connectivity index (χ0v) is 8.00. The molecule has 2 N–H and O–H groups in total. The monoisotopic (exact) mass is 187 g/mol. The number of thiocarbonyl (C=S) groups is 2. The summed E-state index contributed by atoms with van der Waals surface area (Å²) in [5.41, 5.74) is 5.28. The minimum Gasteiger partial charge on any atom is -0.392 e. The molecule has 0 spiro atoms. The molecule has 5 heteroatoms. The molecule has 0 fully saturated rings. The fraction of sp³-hybridized carbons (Fsp3) is 0.500. The van der Waals surface area contributed by atoms with Gasteiger partial charge in [-0.15, -0.1) is 0 Å². The van der Waals surface area contributed by atoms with Crippen LogP contribution in [0.25, 0.3) is 0 Å². The molecule has 1 atom stereocenters. The van der Waals surface area contributed by atoms with Crippen LogP contribution >= 0.6 is 24.4 Å². The highest BCUT2D eigenvalue weighted by molar-refractivity contribution is 7.82. The molecule has 0 saturated carbocycles. The molecule has 1 unspecified atom stereocenters. The predicted molar refractivity (Wildman–Crippen MR) is 52.2 cm³/mol. The summed E-state index contributed by atoms with van der Waals surface area (Å²) in [7, 11) is 3.51. The third-order valence-corrected chi connectivity index (χ3v) is 1.94. The van der Waals surface area contributed by atoms with Crippen molar-refractivity contribution in [2.45, 2.75) is 0 Å². The van der Waals surface area contributed by atoms with Crippen LogP contribution in [-0.4, -0.2) is 29.0 Å². The van der Waals surface area contributed by atoms with Gasteiger partial charge in [0.1, 0.15) is 10.9 Å². The predicted octanol–water partition coefficient (Wildman–Crippen LogP) is 0.301. The molecule has 0 heterocycles. The second-order valence-corrected chi connectivity index (χ2v) is 3.09. The van der Waals surface area contributed by atoms with E-state index in [1.807, 2.05) is 6.07 Å². The second-order valence-electron chi connectivity index (χ2n) is 2.20. The van der Waals surface area contributed by atoms with Crippen molar-refractivity contribution in [2.24, 2.45) is 11.7 Å². The largest absolute Gasteiger partial charge is 0.392 e. The van der Waals surface area contributed by atoms with Gasteiger partial charge >= 0.3 is 0 Å². The number of nitrogens with two attached hydrogens (primary N) is 1. The summed E-state index contributed by atoms with van der Waals surface area (Å²) in [6, 6.07) is 1.93. The third-order valence-electron chi connectivity index (χ3n) is 1.10. The van der Waals surface area contributed by atoms with Crippen LogP contribution < -0.4 is 5.73 Å². The lowest BCUT2D eigenvalue weighted by atomic mass is 10.1. The maximum Gasteiger partial charge on any atom is 0.146 e. The van der Waals surface area contributed by atoms with Crippen molar-refractivity contribution >= 4 is 34.4 Å². The quantitative estimate of drug-likeness (QED) is 0.630. The van der Waals surface area contributed by atoms with Crippen LogP contribution in [0.5, 0.6) is 0 Å². The Bertz CT molecular complexity index is 216. The Morgan fingerprint density at radius 1 is 1.55 bits per heavy atom. The van der Waals surface area contributed by atoms with Crippen molar-refractivity contribution in [2.75, 3.05) is 14.1 Å². The van der Waals surface area contributed by atoms with Crippen LogP contribution in [0.4, 0.5) is 0 Å². The Labute approximate surface area is 76.8 Å². The molecular formula is C6H9N3S2. The van der Waals surface area contributed by atoms with E-state index in [9.17, 15) is 0 Å². The molecule has 0 amide bonds. The Morgan fingerprint density at radius 3 is 2.09 bits per heavy atom. The van der Waals surface area contributed by atoms with Gasteiger partial charge in [0.15, 0.2) is 0 Å². The van der Waals surface area contributed by atoms with Gasteiger partial charge in [-0.1, -0.05) is 24.4 Å². The summed E-state index contributed by atoms with van der Waals surface area (Å²) < 4.78 is 0. The van der Waals surface area contributed by atoms with E-state index in [2.05, 4.69) is 12.2 Å². The number of rotatable bonds is 2. The van der Waals surface area contributed by atoms with Crippen molar-refractivity contribution in [3.63, 3.8) is 0 Å². The number of nitrogens with zero attached hydrogens (tertiary/aromatic N) is 2. The molecule has 3 nitrogen and oxygen atoms in total. The minimum absolute atomic E-state index is 0.131. The standard InChI is InChI=1S/C6H9N3S2/c1-9(2)6(11)4(3-7)5(8)10/h4H,1-2H3,(H2,8,10). The molecule has 11 heavy (non-hydrogen) atoms. The maximum atomic E-state index is 8.58. The molecule has 0 aliphatic carbocycles. The lowest BCUT2D eigenvalue weighted by molar-refractivity contribution is 0.617.